The molecule has 3 N–H and O–H groups in total. The Kier molecular flexibility index (Phi) is 5.83. The van der Waals surface area contributed by atoms with E-state index in [1.54, 1.807) is 18.2 Å². The number of benzene rings is 3. The molecular formula is C25H21N3O2. The van der Waals surface area contributed by atoms with Gasteiger partial charge in [-0.15, -0.1) is 0 Å². The Morgan fingerprint density at radius 3 is 2.60 bits per heavy atom. The van der Waals surface area contributed by atoms with Gasteiger partial charge in [-0.25, -0.2) is 0 Å². The van der Waals surface area contributed by atoms with E-state index < -0.39 is 0 Å². The Morgan fingerprint density at radius 1 is 0.967 bits per heavy atom. The molecule has 4 rings (SSSR count). The van der Waals surface area contributed by atoms with Gasteiger partial charge in [0.25, 0.3) is 5.91 Å². The van der Waals surface area contributed by atoms with E-state index in [1.807, 2.05) is 78.9 Å². The summed E-state index contributed by atoms with van der Waals surface area (Å²) in [5.74, 6) is -0.151. The molecule has 0 aliphatic heterocycles. The number of nitrogens with one attached hydrogen (secondary N) is 2. The molecule has 1 aromatic heterocycles. The number of amides is 1. The summed E-state index contributed by atoms with van der Waals surface area (Å²) in [6.45, 7) is 0.00166. The van der Waals surface area contributed by atoms with E-state index in [0.29, 0.717) is 5.56 Å². The molecule has 30 heavy (non-hydrogen) atoms. The molecule has 0 spiro atoms. The molecule has 0 saturated heterocycles. The van der Waals surface area contributed by atoms with Gasteiger partial charge in [-0.2, -0.15) is 5.10 Å². The smallest absolute Gasteiger partial charge is 0.255 e. The number of hydrogen-bond donors (Lipinski definition) is 3. The Labute approximate surface area is 174 Å². The molecule has 5 nitrogen and oxygen atoms in total. The molecule has 0 radical (unpaired) electrons. The minimum atomic E-state index is -0.151. The Morgan fingerprint density at radius 2 is 1.77 bits per heavy atom. The summed E-state index contributed by atoms with van der Waals surface area (Å²) in [5, 5.41) is 20.4. The Hall–Kier alpha value is -3.96. The summed E-state index contributed by atoms with van der Waals surface area (Å²) in [6.07, 6.45) is 7.43. The van der Waals surface area contributed by atoms with Gasteiger partial charge in [0.05, 0.1) is 17.8 Å². The van der Waals surface area contributed by atoms with E-state index in [2.05, 4.69) is 15.5 Å². The minimum absolute atomic E-state index is 0.00166. The number of carbonyl (C=O) groups excluding carboxylic acids is 1. The second-order valence-electron chi connectivity index (χ2n) is 6.74. The zero-order valence-electron chi connectivity index (χ0n) is 16.2. The van der Waals surface area contributed by atoms with Crippen LogP contribution in [0.3, 0.4) is 0 Å². The number of aromatic amines is 1. The maximum absolute atomic E-state index is 12.5. The maximum atomic E-state index is 12.5. The van der Waals surface area contributed by atoms with Gasteiger partial charge in [-0.05, 0) is 47.5 Å². The third-order valence-corrected chi connectivity index (χ3v) is 4.70. The fourth-order valence-corrected chi connectivity index (χ4v) is 3.18. The van der Waals surface area contributed by atoms with Crippen molar-refractivity contribution in [2.75, 3.05) is 11.9 Å². The van der Waals surface area contributed by atoms with Crippen LogP contribution in [0.1, 0.15) is 27.2 Å². The number of rotatable bonds is 6. The molecule has 0 aliphatic carbocycles. The van der Waals surface area contributed by atoms with Gasteiger partial charge >= 0.3 is 0 Å². The van der Waals surface area contributed by atoms with Crippen LogP contribution in [0, 0.1) is 0 Å². The van der Waals surface area contributed by atoms with Crippen LogP contribution in [0.25, 0.3) is 29.1 Å². The van der Waals surface area contributed by atoms with Gasteiger partial charge in [-0.1, -0.05) is 60.7 Å². The first-order chi connectivity index (χ1) is 14.7. The highest BCUT2D eigenvalue weighted by molar-refractivity contribution is 6.05. The van der Waals surface area contributed by atoms with Crippen molar-refractivity contribution < 1.29 is 9.90 Å². The number of anilines is 1. The van der Waals surface area contributed by atoms with Gasteiger partial charge in [-0.3, -0.25) is 9.89 Å². The SMILES string of the molecule is O=C(Nc1ccccc1/C=C/c1n[nH]c2ccc(/C=C/CO)cc12)c1ccccc1. The van der Waals surface area contributed by atoms with Crippen LogP contribution in [0.4, 0.5) is 5.69 Å². The summed E-state index contributed by atoms with van der Waals surface area (Å²) in [5.41, 5.74) is 4.94. The van der Waals surface area contributed by atoms with E-state index in [4.69, 9.17) is 5.11 Å². The predicted octanol–water partition coefficient (Wildman–Crippen LogP) is 4.99. The number of aliphatic hydroxyl groups excluding tert-OH is 1. The first kappa shape index (κ1) is 19.4. The zero-order chi connectivity index (χ0) is 20.8. The van der Waals surface area contributed by atoms with Crippen LogP contribution in [0.2, 0.25) is 0 Å². The molecule has 3 aromatic carbocycles. The summed E-state index contributed by atoms with van der Waals surface area (Å²) < 4.78 is 0. The van der Waals surface area contributed by atoms with Gasteiger partial charge in [0, 0.05) is 16.6 Å². The van der Waals surface area contributed by atoms with Crippen molar-refractivity contribution in [3.63, 3.8) is 0 Å². The Bertz CT molecular complexity index is 1220. The van der Waals surface area contributed by atoms with E-state index in [1.165, 1.54) is 0 Å². The molecule has 148 valence electrons. The number of H-pyrrole nitrogens is 1. The zero-order valence-corrected chi connectivity index (χ0v) is 16.2. The molecule has 1 amide bonds. The Balaban J connectivity index is 1.60. The third-order valence-electron chi connectivity index (χ3n) is 4.70. The normalized spacial score (nSPS) is 11.5. The third kappa shape index (κ3) is 4.37. The molecule has 0 bridgehead atoms. The lowest BCUT2D eigenvalue weighted by molar-refractivity contribution is 0.102. The van der Waals surface area contributed by atoms with Crippen LogP contribution >= 0.6 is 0 Å². The summed E-state index contributed by atoms with van der Waals surface area (Å²) in [4.78, 5) is 12.5. The highest BCUT2D eigenvalue weighted by Gasteiger charge is 2.08. The minimum Gasteiger partial charge on any atom is -0.392 e. The predicted molar refractivity (Wildman–Crippen MR) is 122 cm³/mol. The van der Waals surface area contributed by atoms with Crippen LogP contribution < -0.4 is 5.32 Å². The van der Waals surface area contributed by atoms with Crippen molar-refractivity contribution in [3.8, 4) is 0 Å². The van der Waals surface area contributed by atoms with E-state index in [-0.39, 0.29) is 12.5 Å². The van der Waals surface area contributed by atoms with Crippen LogP contribution in [0.5, 0.6) is 0 Å². The first-order valence-corrected chi connectivity index (χ1v) is 9.63. The summed E-state index contributed by atoms with van der Waals surface area (Å²) in [6, 6.07) is 22.7. The van der Waals surface area contributed by atoms with Crippen LogP contribution in [0.15, 0.2) is 78.9 Å². The lowest BCUT2D eigenvalue weighted by atomic mass is 10.1. The van der Waals surface area contributed by atoms with Crippen LogP contribution in [-0.4, -0.2) is 27.8 Å². The topological polar surface area (TPSA) is 78.0 Å². The van der Waals surface area contributed by atoms with Gasteiger partial charge < -0.3 is 10.4 Å². The number of nitrogens with zero attached hydrogens (tertiary/aromatic N) is 1. The monoisotopic (exact) mass is 395 g/mol. The molecule has 4 aromatic rings. The molecule has 0 atom stereocenters. The van der Waals surface area contributed by atoms with Crippen molar-refractivity contribution in [3.05, 3.63) is 101 Å². The second-order valence-corrected chi connectivity index (χ2v) is 6.74. The number of para-hydroxylation sites is 1. The van der Waals surface area contributed by atoms with Crippen molar-refractivity contribution in [2.45, 2.75) is 0 Å². The number of aromatic nitrogens is 2. The number of carbonyl (C=O) groups is 1. The van der Waals surface area contributed by atoms with Crippen molar-refractivity contribution in [2.24, 2.45) is 0 Å². The first-order valence-electron chi connectivity index (χ1n) is 9.63. The van der Waals surface area contributed by atoms with Gasteiger partial charge in [0.2, 0.25) is 0 Å². The van der Waals surface area contributed by atoms with E-state index in [0.717, 1.165) is 33.4 Å². The average Bonchev–Trinajstić information content (AvgIpc) is 3.20. The van der Waals surface area contributed by atoms with Crippen molar-refractivity contribution in [1.29, 1.82) is 0 Å². The molecule has 1 heterocycles. The number of fused-ring (bicyclic) bond motifs is 1. The summed E-state index contributed by atoms with van der Waals surface area (Å²) in [7, 11) is 0. The quantitative estimate of drug-likeness (QED) is 0.430. The van der Waals surface area contributed by atoms with Crippen LogP contribution in [-0.2, 0) is 0 Å². The highest BCUT2D eigenvalue weighted by Crippen LogP contribution is 2.23. The van der Waals surface area contributed by atoms with E-state index in [9.17, 15) is 4.79 Å². The van der Waals surface area contributed by atoms with E-state index >= 15 is 0 Å². The number of aliphatic hydroxyl groups is 1. The molecule has 5 heteroatoms. The second kappa shape index (κ2) is 9.03. The lowest BCUT2D eigenvalue weighted by Crippen LogP contribution is -2.12. The van der Waals surface area contributed by atoms with Crippen molar-refractivity contribution in [1.82, 2.24) is 10.2 Å². The molecule has 0 unspecified atom stereocenters. The molecular weight excluding hydrogens is 374 g/mol. The largest absolute Gasteiger partial charge is 0.392 e. The summed E-state index contributed by atoms with van der Waals surface area (Å²) >= 11 is 0. The molecule has 0 aliphatic rings. The fourth-order valence-electron chi connectivity index (χ4n) is 3.18. The van der Waals surface area contributed by atoms with Crippen molar-refractivity contribution >= 4 is 40.7 Å². The molecule has 0 fully saturated rings. The maximum Gasteiger partial charge on any atom is 0.255 e. The number of hydrogen-bond acceptors (Lipinski definition) is 3. The average molecular weight is 395 g/mol. The van der Waals surface area contributed by atoms with Gasteiger partial charge in [0.15, 0.2) is 0 Å². The fraction of sp³-hybridized carbons (Fsp3) is 0.0400. The lowest BCUT2D eigenvalue weighted by Gasteiger charge is -2.08. The highest BCUT2D eigenvalue weighted by atomic mass is 16.2. The standard InChI is InChI=1S/C25H21N3O2/c29-16-6-7-18-12-14-23-21(17-18)24(28-27-23)15-13-19-8-4-5-11-22(19)26-25(30)20-9-2-1-3-10-20/h1-15,17,29H,16H2,(H,26,30)(H,27,28)/b7-6+,15-13+. The van der Waals surface area contributed by atoms with Gasteiger partial charge in [0.1, 0.15) is 0 Å². The molecule has 0 saturated carbocycles.